The Bertz CT molecular complexity index is 1470. The third-order valence-electron chi connectivity index (χ3n) is 7.64. The van der Waals surface area contributed by atoms with Crippen molar-refractivity contribution in [2.45, 2.75) is 51.4 Å². The average Bonchev–Trinajstić information content (AvgIpc) is 3.04. The molecule has 43 heavy (non-hydrogen) atoms. The Labute approximate surface area is 254 Å². The van der Waals surface area contributed by atoms with Crippen LogP contribution in [0.5, 0.6) is 5.75 Å². The summed E-state index contributed by atoms with van der Waals surface area (Å²) in [4.78, 5) is 26.5. The first-order valence-corrected chi connectivity index (χ1v) is 14.6. The van der Waals surface area contributed by atoms with Crippen LogP contribution in [-0.2, 0) is 6.42 Å². The van der Waals surface area contributed by atoms with Crippen molar-refractivity contribution in [1.29, 1.82) is 0 Å². The van der Waals surface area contributed by atoms with Crippen LogP contribution in [0.4, 0.5) is 0 Å². The molecule has 0 fully saturated rings. The molecule has 0 aliphatic rings. The first-order chi connectivity index (χ1) is 20.7. The van der Waals surface area contributed by atoms with Crippen LogP contribution >= 0.6 is 0 Å². The van der Waals surface area contributed by atoms with Crippen LogP contribution < -0.4 is 20.7 Å². The Morgan fingerprint density at radius 2 is 1.33 bits per heavy atom. The molecule has 4 N–H and O–H groups in total. The summed E-state index contributed by atoms with van der Waals surface area (Å²) in [6, 6.07) is 31.4. The van der Waals surface area contributed by atoms with Gasteiger partial charge in [-0.3, -0.25) is 9.59 Å². The lowest BCUT2D eigenvalue weighted by Crippen LogP contribution is -2.49. The second-order valence-electron chi connectivity index (χ2n) is 10.9. The summed E-state index contributed by atoms with van der Waals surface area (Å²) in [6.45, 7) is 6.24. The molecule has 7 heteroatoms. The zero-order chi connectivity index (χ0) is 30.8. The molecule has 0 heterocycles. The lowest BCUT2D eigenvalue weighted by atomic mass is 9.99. The number of hydrogen-bond donors (Lipinski definition) is 4. The molecule has 0 aliphatic carbocycles. The van der Waals surface area contributed by atoms with E-state index in [2.05, 4.69) is 16.0 Å². The van der Waals surface area contributed by atoms with Crippen LogP contribution in [0, 0.1) is 6.92 Å². The second kappa shape index (κ2) is 15.1. The van der Waals surface area contributed by atoms with E-state index in [0.717, 1.165) is 28.0 Å². The number of carbonyl (C=O) groups excluding carboxylic acids is 2. The molecule has 7 nitrogen and oxygen atoms in total. The summed E-state index contributed by atoms with van der Waals surface area (Å²) in [5.74, 6) is 0.161. The van der Waals surface area contributed by atoms with Gasteiger partial charge in [0.05, 0.1) is 25.3 Å². The molecular formula is C36H41N3O4. The predicted molar refractivity (Wildman–Crippen MR) is 170 cm³/mol. The van der Waals surface area contributed by atoms with Gasteiger partial charge in [-0.2, -0.15) is 0 Å². The monoisotopic (exact) mass is 579 g/mol. The molecule has 0 spiro atoms. The molecule has 0 radical (unpaired) electrons. The van der Waals surface area contributed by atoms with E-state index in [1.165, 1.54) is 0 Å². The Morgan fingerprint density at radius 3 is 1.95 bits per heavy atom. The number of aryl methyl sites for hydroxylation is 1. The summed E-state index contributed by atoms with van der Waals surface area (Å²) < 4.78 is 5.24. The van der Waals surface area contributed by atoms with E-state index < -0.39 is 12.1 Å². The van der Waals surface area contributed by atoms with E-state index in [4.69, 9.17) is 4.74 Å². The lowest BCUT2D eigenvalue weighted by Gasteiger charge is -2.26. The van der Waals surface area contributed by atoms with Crippen LogP contribution in [0.1, 0.15) is 68.9 Å². The van der Waals surface area contributed by atoms with Crippen LogP contribution in [0.2, 0.25) is 0 Å². The van der Waals surface area contributed by atoms with Crippen LogP contribution in [-0.4, -0.2) is 42.7 Å². The van der Waals surface area contributed by atoms with Crippen molar-refractivity contribution >= 4 is 11.8 Å². The number of methoxy groups -OCH3 is 1. The first kappa shape index (κ1) is 31.5. The van der Waals surface area contributed by atoms with Gasteiger partial charge >= 0.3 is 0 Å². The molecule has 0 bridgehead atoms. The summed E-state index contributed by atoms with van der Waals surface area (Å²) in [5, 5.41) is 20.7. The second-order valence-corrected chi connectivity index (χ2v) is 10.9. The highest BCUT2D eigenvalue weighted by Gasteiger charge is 2.24. The van der Waals surface area contributed by atoms with Crippen molar-refractivity contribution < 1.29 is 19.4 Å². The smallest absolute Gasteiger partial charge is 0.251 e. The highest BCUT2D eigenvalue weighted by atomic mass is 16.5. The van der Waals surface area contributed by atoms with Gasteiger partial charge in [-0.1, -0.05) is 78.4 Å². The van der Waals surface area contributed by atoms with Crippen molar-refractivity contribution in [3.63, 3.8) is 0 Å². The van der Waals surface area contributed by atoms with E-state index in [9.17, 15) is 14.7 Å². The fraction of sp³-hybridized carbons (Fsp3) is 0.278. The minimum atomic E-state index is -0.869. The van der Waals surface area contributed by atoms with E-state index in [-0.39, 0.29) is 30.4 Å². The van der Waals surface area contributed by atoms with Gasteiger partial charge in [-0.15, -0.1) is 0 Å². The summed E-state index contributed by atoms with van der Waals surface area (Å²) in [7, 11) is 1.63. The van der Waals surface area contributed by atoms with Crippen LogP contribution in [0.25, 0.3) is 0 Å². The van der Waals surface area contributed by atoms with Gasteiger partial charge in [0, 0.05) is 23.7 Å². The van der Waals surface area contributed by atoms with Crippen molar-refractivity contribution in [2.75, 3.05) is 13.7 Å². The summed E-state index contributed by atoms with van der Waals surface area (Å²) in [5.41, 5.74) is 4.94. The van der Waals surface area contributed by atoms with Crippen molar-refractivity contribution in [3.05, 3.63) is 137 Å². The number of amides is 2. The van der Waals surface area contributed by atoms with Gasteiger partial charge in [0.15, 0.2) is 0 Å². The van der Waals surface area contributed by atoms with Crippen molar-refractivity contribution in [1.82, 2.24) is 16.0 Å². The normalized spacial score (nSPS) is 13.8. The first-order valence-electron chi connectivity index (χ1n) is 14.6. The molecule has 0 aliphatic heterocycles. The maximum atomic E-state index is 13.4. The third kappa shape index (κ3) is 9.01. The van der Waals surface area contributed by atoms with Gasteiger partial charge in [0.1, 0.15) is 5.75 Å². The fourth-order valence-electron chi connectivity index (χ4n) is 4.87. The van der Waals surface area contributed by atoms with Crippen LogP contribution in [0.3, 0.4) is 0 Å². The topological polar surface area (TPSA) is 99.7 Å². The summed E-state index contributed by atoms with van der Waals surface area (Å²) in [6.07, 6.45) is -0.424. The molecule has 4 atom stereocenters. The molecular weight excluding hydrogens is 538 g/mol. The average molecular weight is 580 g/mol. The molecule has 2 amide bonds. The van der Waals surface area contributed by atoms with Gasteiger partial charge in [0.2, 0.25) is 0 Å². The fourth-order valence-corrected chi connectivity index (χ4v) is 4.87. The number of nitrogens with one attached hydrogen (secondary N) is 3. The van der Waals surface area contributed by atoms with Gasteiger partial charge < -0.3 is 25.8 Å². The Kier molecular flexibility index (Phi) is 11.1. The number of hydrogen-bond acceptors (Lipinski definition) is 5. The predicted octanol–water partition coefficient (Wildman–Crippen LogP) is 5.55. The highest BCUT2D eigenvalue weighted by Crippen LogP contribution is 2.18. The number of carbonyl (C=O) groups is 2. The number of ether oxygens (including phenoxy) is 1. The molecule has 0 saturated heterocycles. The minimum absolute atomic E-state index is 0.0221. The highest BCUT2D eigenvalue weighted by molar-refractivity contribution is 5.99. The van der Waals surface area contributed by atoms with Crippen molar-refractivity contribution in [2.24, 2.45) is 0 Å². The quantitative estimate of drug-likeness (QED) is 0.167. The van der Waals surface area contributed by atoms with E-state index in [0.29, 0.717) is 17.5 Å². The number of aliphatic hydroxyl groups excluding tert-OH is 1. The number of aliphatic hydroxyl groups is 1. The Balaban J connectivity index is 1.43. The molecule has 224 valence electrons. The standard InChI is InChI=1S/C36H41N3O4/c1-24-13-15-29(16-14-24)26(3)38-35(41)30-11-8-12-31(22-30)36(42)39-33(21-27-9-6-5-7-10-27)34(40)23-37-25(2)28-17-19-32(43-4)20-18-28/h5-20,22,25-26,33-34,37,40H,21,23H2,1-4H3,(H,38,41)(H,39,42)/t25-,26-,33+,34-/m1/s1. The molecule has 0 unspecified atom stereocenters. The van der Waals surface area contributed by atoms with Crippen LogP contribution in [0.15, 0.2) is 103 Å². The zero-order valence-corrected chi connectivity index (χ0v) is 25.2. The maximum Gasteiger partial charge on any atom is 0.251 e. The Hall–Kier alpha value is -4.46. The van der Waals surface area contributed by atoms with E-state index in [1.54, 1.807) is 31.4 Å². The molecule has 0 aromatic heterocycles. The summed E-state index contributed by atoms with van der Waals surface area (Å²) >= 11 is 0. The number of benzene rings is 4. The molecule has 0 saturated carbocycles. The Morgan fingerprint density at radius 1 is 0.744 bits per heavy atom. The van der Waals surface area contributed by atoms with Gasteiger partial charge in [-0.05, 0) is 74.2 Å². The molecule has 4 aromatic carbocycles. The van der Waals surface area contributed by atoms with Gasteiger partial charge in [-0.25, -0.2) is 0 Å². The van der Waals surface area contributed by atoms with Gasteiger partial charge in [0.25, 0.3) is 11.8 Å². The molecule has 4 rings (SSSR count). The minimum Gasteiger partial charge on any atom is -0.497 e. The van der Waals surface area contributed by atoms with E-state index in [1.807, 2.05) is 99.6 Å². The SMILES string of the molecule is COc1ccc([C@@H](C)NC[C@@H](O)[C@H](Cc2ccccc2)NC(=O)c2cccc(C(=O)N[C@H](C)c3ccc(C)cc3)c2)cc1. The van der Waals surface area contributed by atoms with E-state index >= 15 is 0 Å². The van der Waals surface area contributed by atoms with Crippen molar-refractivity contribution in [3.8, 4) is 5.75 Å². The molecule has 4 aromatic rings. The zero-order valence-electron chi connectivity index (χ0n) is 25.2. The maximum absolute atomic E-state index is 13.4. The third-order valence-corrected chi connectivity index (χ3v) is 7.64. The lowest BCUT2D eigenvalue weighted by molar-refractivity contribution is 0.0825. The number of rotatable bonds is 13. The largest absolute Gasteiger partial charge is 0.497 e.